The smallest absolute Gasteiger partial charge is 0.317 e. The minimum absolute atomic E-state index is 0.134. The van der Waals surface area contributed by atoms with Crippen molar-refractivity contribution in [2.24, 2.45) is 0 Å². The third-order valence-corrected chi connectivity index (χ3v) is 5.36. The number of para-hydroxylation sites is 2. The zero-order valence-electron chi connectivity index (χ0n) is 14.8. The zero-order valence-corrected chi connectivity index (χ0v) is 14.8. The van der Waals surface area contributed by atoms with Crippen LogP contribution in [0, 0.1) is 0 Å². The number of carbonyl (C=O) groups is 1. The predicted molar refractivity (Wildman–Crippen MR) is 96.8 cm³/mol. The summed E-state index contributed by atoms with van der Waals surface area (Å²) in [6.07, 6.45) is 5.30. The van der Waals surface area contributed by atoms with Crippen LogP contribution in [0.25, 0.3) is 0 Å². The summed E-state index contributed by atoms with van der Waals surface area (Å²) in [6, 6.07) is 8.99. The van der Waals surface area contributed by atoms with Crippen molar-refractivity contribution < 1.29 is 9.53 Å². The maximum Gasteiger partial charge on any atom is 0.317 e. The normalized spacial score (nSPS) is 21.8. The van der Waals surface area contributed by atoms with Gasteiger partial charge in [0.1, 0.15) is 5.75 Å². The van der Waals surface area contributed by atoms with Gasteiger partial charge in [-0.1, -0.05) is 19.1 Å². The highest BCUT2D eigenvalue weighted by Crippen LogP contribution is 2.30. The highest BCUT2D eigenvalue weighted by molar-refractivity contribution is 5.75. The topological polar surface area (TPSA) is 44.8 Å². The Labute approximate surface area is 145 Å². The number of urea groups is 1. The molecule has 2 amide bonds. The predicted octanol–water partition coefficient (Wildman–Crippen LogP) is 3.25. The van der Waals surface area contributed by atoms with Crippen LogP contribution < -0.4 is 15.0 Å². The Morgan fingerprint density at radius 1 is 1.21 bits per heavy atom. The number of anilines is 1. The van der Waals surface area contributed by atoms with Gasteiger partial charge in [-0.25, -0.2) is 4.79 Å². The molecule has 0 aliphatic carbocycles. The number of benzene rings is 1. The quantitative estimate of drug-likeness (QED) is 0.921. The number of rotatable bonds is 4. The van der Waals surface area contributed by atoms with E-state index in [2.05, 4.69) is 23.2 Å². The van der Waals surface area contributed by atoms with Crippen LogP contribution in [0.4, 0.5) is 10.5 Å². The Bertz CT molecular complexity index is 555. The summed E-state index contributed by atoms with van der Waals surface area (Å²) in [5.41, 5.74) is 1.15. The summed E-state index contributed by atoms with van der Waals surface area (Å²) in [5.74, 6) is 0.919. The molecule has 0 saturated carbocycles. The number of ether oxygens (including phenoxy) is 1. The molecule has 2 aliphatic heterocycles. The number of hydrogen-bond acceptors (Lipinski definition) is 3. The van der Waals surface area contributed by atoms with Gasteiger partial charge in [-0.3, -0.25) is 0 Å². The maximum atomic E-state index is 12.5. The number of hydrogen-bond donors (Lipinski definition) is 1. The van der Waals surface area contributed by atoms with Crippen molar-refractivity contribution in [3.63, 3.8) is 0 Å². The van der Waals surface area contributed by atoms with Gasteiger partial charge < -0.3 is 19.9 Å². The van der Waals surface area contributed by atoms with Gasteiger partial charge in [-0.05, 0) is 44.2 Å². The average molecular weight is 331 g/mol. The van der Waals surface area contributed by atoms with E-state index in [0.717, 1.165) is 63.2 Å². The fourth-order valence-electron chi connectivity index (χ4n) is 3.94. The molecule has 0 bridgehead atoms. The van der Waals surface area contributed by atoms with E-state index in [4.69, 9.17) is 4.74 Å². The molecule has 5 nitrogen and oxygen atoms in total. The molecule has 132 valence electrons. The van der Waals surface area contributed by atoms with Crippen LogP contribution in [0.1, 0.15) is 39.0 Å². The number of piperidine rings is 1. The van der Waals surface area contributed by atoms with Crippen LogP contribution in [0.5, 0.6) is 5.75 Å². The Kier molecular flexibility index (Phi) is 5.48. The molecule has 1 unspecified atom stereocenters. The third kappa shape index (κ3) is 3.60. The minimum atomic E-state index is 0.134. The Morgan fingerprint density at radius 3 is 2.67 bits per heavy atom. The Balaban J connectivity index is 1.53. The van der Waals surface area contributed by atoms with Crippen LogP contribution >= 0.6 is 0 Å². The van der Waals surface area contributed by atoms with E-state index in [-0.39, 0.29) is 12.1 Å². The molecule has 1 N–H and O–H groups in total. The summed E-state index contributed by atoms with van der Waals surface area (Å²) in [5, 5.41) is 3.25. The molecule has 1 atom stereocenters. The fourth-order valence-corrected chi connectivity index (χ4v) is 3.94. The molecule has 2 saturated heterocycles. The second-order valence-corrected chi connectivity index (χ2v) is 6.78. The first kappa shape index (κ1) is 16.9. The number of likely N-dealkylation sites (tertiary alicyclic amines) is 1. The lowest BCUT2D eigenvalue weighted by Crippen LogP contribution is -2.50. The first-order chi connectivity index (χ1) is 11.7. The number of nitrogens with zero attached hydrogens (tertiary/aromatic N) is 2. The second kappa shape index (κ2) is 7.77. The number of amides is 2. The summed E-state index contributed by atoms with van der Waals surface area (Å²) < 4.78 is 5.46. The van der Waals surface area contributed by atoms with E-state index in [1.54, 1.807) is 7.11 Å². The molecule has 3 rings (SSSR count). The molecule has 2 aliphatic rings. The van der Waals surface area contributed by atoms with Crippen molar-refractivity contribution in [3.8, 4) is 5.75 Å². The van der Waals surface area contributed by atoms with Crippen LogP contribution in [0.2, 0.25) is 0 Å². The lowest BCUT2D eigenvalue weighted by atomic mass is 10.0. The minimum Gasteiger partial charge on any atom is -0.495 e. The first-order valence-corrected chi connectivity index (χ1v) is 9.18. The van der Waals surface area contributed by atoms with Gasteiger partial charge in [0, 0.05) is 31.7 Å². The van der Waals surface area contributed by atoms with Crippen LogP contribution in [0.3, 0.4) is 0 Å². The summed E-state index contributed by atoms with van der Waals surface area (Å²) in [7, 11) is 1.71. The Morgan fingerprint density at radius 2 is 1.96 bits per heavy atom. The maximum absolute atomic E-state index is 12.5. The molecular formula is C19H29N3O2. The summed E-state index contributed by atoms with van der Waals surface area (Å²) in [6.45, 7) is 4.97. The van der Waals surface area contributed by atoms with Gasteiger partial charge >= 0.3 is 6.03 Å². The average Bonchev–Trinajstić information content (AvgIpc) is 3.11. The monoisotopic (exact) mass is 331 g/mol. The Hall–Kier alpha value is -1.91. The van der Waals surface area contributed by atoms with Gasteiger partial charge in [0.05, 0.1) is 12.8 Å². The zero-order chi connectivity index (χ0) is 16.9. The van der Waals surface area contributed by atoms with E-state index in [0.29, 0.717) is 6.04 Å². The number of carbonyl (C=O) groups excluding carboxylic acids is 1. The van der Waals surface area contributed by atoms with E-state index >= 15 is 0 Å². The molecule has 2 heterocycles. The summed E-state index contributed by atoms with van der Waals surface area (Å²) >= 11 is 0. The third-order valence-electron chi connectivity index (χ3n) is 5.36. The SMILES string of the molecule is CCC1CCCN1C(=O)NC1CCN(c2ccccc2OC)CC1. The van der Waals surface area contributed by atoms with Gasteiger partial charge in [-0.2, -0.15) is 0 Å². The molecule has 2 fully saturated rings. The van der Waals surface area contributed by atoms with E-state index in [1.165, 1.54) is 0 Å². The van der Waals surface area contributed by atoms with Crippen molar-refractivity contribution in [1.29, 1.82) is 0 Å². The molecule has 5 heteroatoms. The number of methoxy groups -OCH3 is 1. The van der Waals surface area contributed by atoms with Crippen molar-refractivity contribution >= 4 is 11.7 Å². The van der Waals surface area contributed by atoms with E-state index < -0.39 is 0 Å². The molecule has 1 aromatic carbocycles. The van der Waals surface area contributed by atoms with Crippen LogP contribution in [0.15, 0.2) is 24.3 Å². The number of nitrogens with one attached hydrogen (secondary N) is 1. The lowest BCUT2D eigenvalue weighted by molar-refractivity contribution is 0.185. The van der Waals surface area contributed by atoms with Crippen molar-refractivity contribution in [3.05, 3.63) is 24.3 Å². The van der Waals surface area contributed by atoms with E-state index in [9.17, 15) is 4.79 Å². The highest BCUT2D eigenvalue weighted by atomic mass is 16.5. The van der Waals surface area contributed by atoms with Crippen molar-refractivity contribution in [2.75, 3.05) is 31.6 Å². The molecule has 1 aromatic rings. The second-order valence-electron chi connectivity index (χ2n) is 6.78. The molecular weight excluding hydrogens is 302 g/mol. The molecule has 0 radical (unpaired) electrons. The lowest BCUT2D eigenvalue weighted by Gasteiger charge is -2.35. The summed E-state index contributed by atoms with van der Waals surface area (Å²) in [4.78, 5) is 16.9. The van der Waals surface area contributed by atoms with Gasteiger partial charge in [0.2, 0.25) is 0 Å². The fraction of sp³-hybridized carbons (Fsp3) is 0.632. The molecule has 24 heavy (non-hydrogen) atoms. The van der Waals surface area contributed by atoms with Crippen molar-refractivity contribution in [2.45, 2.75) is 51.1 Å². The van der Waals surface area contributed by atoms with Crippen molar-refractivity contribution in [1.82, 2.24) is 10.2 Å². The van der Waals surface area contributed by atoms with Gasteiger partial charge in [0.15, 0.2) is 0 Å². The van der Waals surface area contributed by atoms with Crippen LogP contribution in [-0.4, -0.2) is 49.8 Å². The standard InChI is InChI=1S/C19H29N3O2/c1-3-16-7-6-12-22(16)19(23)20-15-10-13-21(14-11-15)17-8-4-5-9-18(17)24-2/h4-5,8-9,15-16H,3,6-7,10-14H2,1-2H3,(H,20,23). The first-order valence-electron chi connectivity index (χ1n) is 9.18. The molecule has 0 spiro atoms. The highest BCUT2D eigenvalue weighted by Gasteiger charge is 2.29. The van der Waals surface area contributed by atoms with Gasteiger partial charge in [-0.15, -0.1) is 0 Å². The van der Waals surface area contributed by atoms with Gasteiger partial charge in [0.25, 0.3) is 0 Å². The van der Waals surface area contributed by atoms with E-state index in [1.807, 2.05) is 23.1 Å². The largest absolute Gasteiger partial charge is 0.495 e. The van der Waals surface area contributed by atoms with Crippen LogP contribution in [-0.2, 0) is 0 Å². The molecule has 0 aromatic heterocycles.